The minimum atomic E-state index is -0.807. The van der Waals surface area contributed by atoms with Crippen LogP contribution in [0.5, 0.6) is 0 Å². The first-order valence-corrected chi connectivity index (χ1v) is 7.14. The van der Waals surface area contributed by atoms with Gasteiger partial charge in [0.2, 0.25) is 5.91 Å². The number of hydrogen-bond donors (Lipinski definition) is 2. The van der Waals surface area contributed by atoms with E-state index in [1.807, 2.05) is 6.07 Å². The van der Waals surface area contributed by atoms with E-state index >= 15 is 0 Å². The first-order chi connectivity index (χ1) is 9.52. The van der Waals surface area contributed by atoms with Crippen molar-refractivity contribution in [1.82, 2.24) is 5.32 Å². The number of halogens is 1. The molecule has 4 nitrogen and oxygen atoms in total. The third kappa shape index (κ3) is 3.51. The largest absolute Gasteiger partial charge is 0.481 e. The van der Waals surface area contributed by atoms with Gasteiger partial charge in [-0.15, -0.1) is 0 Å². The summed E-state index contributed by atoms with van der Waals surface area (Å²) in [6, 6.07) is 7.11. The van der Waals surface area contributed by atoms with Gasteiger partial charge in [-0.05, 0) is 30.5 Å². The predicted molar refractivity (Wildman–Crippen MR) is 76.7 cm³/mol. The van der Waals surface area contributed by atoms with Crippen molar-refractivity contribution in [3.05, 3.63) is 34.9 Å². The summed E-state index contributed by atoms with van der Waals surface area (Å²) in [6.45, 7) is 0.210. The van der Waals surface area contributed by atoms with Gasteiger partial charge in [0.15, 0.2) is 0 Å². The standard InChI is InChI=1S/C15H18ClNO3/c16-12-5-3-4-11(8-12)9-13(18)17-10-15(14(19)20)6-1-2-7-15/h3-5,8H,1-2,6-7,9-10H2,(H,17,18)(H,19,20). The van der Waals surface area contributed by atoms with Crippen molar-refractivity contribution >= 4 is 23.5 Å². The minimum Gasteiger partial charge on any atom is -0.481 e. The first kappa shape index (κ1) is 14.9. The molecule has 0 spiro atoms. The number of aliphatic carboxylic acids is 1. The SMILES string of the molecule is O=C(Cc1cccc(Cl)c1)NCC1(C(=O)O)CCCC1. The van der Waals surface area contributed by atoms with Crippen molar-refractivity contribution in [2.24, 2.45) is 5.41 Å². The minimum absolute atomic E-state index is 0.167. The Hall–Kier alpha value is -1.55. The third-order valence-corrected chi connectivity index (χ3v) is 4.13. The molecule has 1 aliphatic rings. The van der Waals surface area contributed by atoms with E-state index in [1.54, 1.807) is 18.2 Å². The van der Waals surface area contributed by atoms with E-state index in [1.165, 1.54) is 0 Å². The highest BCUT2D eigenvalue weighted by Crippen LogP contribution is 2.37. The molecule has 0 atom stereocenters. The lowest BCUT2D eigenvalue weighted by Gasteiger charge is -2.23. The van der Waals surface area contributed by atoms with E-state index < -0.39 is 11.4 Å². The van der Waals surface area contributed by atoms with Gasteiger partial charge in [0.1, 0.15) is 0 Å². The number of benzene rings is 1. The summed E-state index contributed by atoms with van der Waals surface area (Å²) < 4.78 is 0. The number of nitrogens with one attached hydrogen (secondary N) is 1. The summed E-state index contributed by atoms with van der Waals surface area (Å²) in [4.78, 5) is 23.3. The molecule has 5 heteroatoms. The average molecular weight is 296 g/mol. The van der Waals surface area contributed by atoms with Gasteiger partial charge in [-0.1, -0.05) is 36.6 Å². The fourth-order valence-electron chi connectivity index (χ4n) is 2.68. The second-order valence-electron chi connectivity index (χ2n) is 5.38. The number of carboxylic acids is 1. The zero-order chi connectivity index (χ0) is 14.6. The second kappa shape index (κ2) is 6.27. The second-order valence-corrected chi connectivity index (χ2v) is 5.81. The van der Waals surface area contributed by atoms with Crippen LogP contribution in [0.2, 0.25) is 5.02 Å². The number of carbonyl (C=O) groups is 2. The van der Waals surface area contributed by atoms with Crippen LogP contribution in [0.4, 0.5) is 0 Å². The van der Waals surface area contributed by atoms with Crippen molar-refractivity contribution in [3.8, 4) is 0 Å². The Morgan fingerprint density at radius 1 is 1.30 bits per heavy atom. The summed E-state index contributed by atoms with van der Waals surface area (Å²) in [7, 11) is 0. The Morgan fingerprint density at radius 3 is 2.60 bits per heavy atom. The zero-order valence-electron chi connectivity index (χ0n) is 11.2. The van der Waals surface area contributed by atoms with Gasteiger partial charge in [-0.25, -0.2) is 0 Å². The van der Waals surface area contributed by atoms with Crippen LogP contribution in [0.3, 0.4) is 0 Å². The number of rotatable bonds is 5. The van der Waals surface area contributed by atoms with Gasteiger partial charge in [0.25, 0.3) is 0 Å². The molecular weight excluding hydrogens is 278 g/mol. The lowest BCUT2D eigenvalue weighted by molar-refractivity contribution is -0.148. The predicted octanol–water partition coefficient (Wildman–Crippen LogP) is 2.64. The van der Waals surface area contributed by atoms with Gasteiger partial charge in [-0.3, -0.25) is 9.59 Å². The molecule has 1 saturated carbocycles. The van der Waals surface area contributed by atoms with E-state index in [2.05, 4.69) is 5.32 Å². The quantitative estimate of drug-likeness (QED) is 0.877. The van der Waals surface area contributed by atoms with Gasteiger partial charge in [0, 0.05) is 11.6 Å². The number of amides is 1. The average Bonchev–Trinajstić information content (AvgIpc) is 2.86. The van der Waals surface area contributed by atoms with Gasteiger partial charge in [0.05, 0.1) is 11.8 Å². The van der Waals surface area contributed by atoms with E-state index in [0.29, 0.717) is 17.9 Å². The molecule has 2 rings (SSSR count). The van der Waals surface area contributed by atoms with Gasteiger partial charge >= 0.3 is 5.97 Å². The molecule has 0 aromatic heterocycles. The van der Waals surface area contributed by atoms with Crippen LogP contribution in [0.1, 0.15) is 31.2 Å². The van der Waals surface area contributed by atoms with Crippen molar-refractivity contribution < 1.29 is 14.7 Å². The molecule has 1 aliphatic carbocycles. The molecule has 1 aromatic rings. The molecule has 20 heavy (non-hydrogen) atoms. The van der Waals surface area contributed by atoms with E-state index in [4.69, 9.17) is 11.6 Å². The summed E-state index contributed by atoms with van der Waals surface area (Å²) in [5.74, 6) is -0.974. The van der Waals surface area contributed by atoms with Crippen LogP contribution >= 0.6 is 11.6 Å². The lowest BCUT2D eigenvalue weighted by Crippen LogP contribution is -2.41. The highest BCUT2D eigenvalue weighted by molar-refractivity contribution is 6.30. The summed E-state index contributed by atoms with van der Waals surface area (Å²) in [5, 5.41) is 12.7. The molecule has 0 bridgehead atoms. The third-order valence-electron chi connectivity index (χ3n) is 3.89. The normalized spacial score (nSPS) is 16.9. The van der Waals surface area contributed by atoms with Crippen LogP contribution < -0.4 is 5.32 Å². The fraction of sp³-hybridized carbons (Fsp3) is 0.467. The highest BCUT2D eigenvalue weighted by Gasteiger charge is 2.41. The van der Waals surface area contributed by atoms with Gasteiger partial charge in [-0.2, -0.15) is 0 Å². The summed E-state index contributed by atoms with van der Waals surface area (Å²) in [5.41, 5.74) is 0.0510. The monoisotopic (exact) mass is 295 g/mol. The zero-order valence-corrected chi connectivity index (χ0v) is 11.9. The molecule has 1 aromatic carbocycles. The van der Waals surface area contributed by atoms with Crippen LogP contribution in [0.15, 0.2) is 24.3 Å². The maximum atomic E-state index is 11.9. The van der Waals surface area contributed by atoms with E-state index in [-0.39, 0.29) is 18.9 Å². The Morgan fingerprint density at radius 2 is 2.00 bits per heavy atom. The lowest BCUT2D eigenvalue weighted by atomic mass is 9.86. The first-order valence-electron chi connectivity index (χ1n) is 6.76. The molecule has 0 aliphatic heterocycles. The van der Waals surface area contributed by atoms with Gasteiger partial charge < -0.3 is 10.4 Å². The summed E-state index contributed by atoms with van der Waals surface area (Å²) in [6.07, 6.45) is 3.32. The van der Waals surface area contributed by atoms with Crippen molar-refractivity contribution in [2.75, 3.05) is 6.54 Å². The Bertz CT molecular complexity index is 510. The summed E-state index contributed by atoms with van der Waals surface area (Å²) >= 11 is 5.86. The Balaban J connectivity index is 1.90. The molecular formula is C15H18ClNO3. The molecule has 2 N–H and O–H groups in total. The number of carbonyl (C=O) groups excluding carboxylic acids is 1. The van der Waals surface area contributed by atoms with E-state index in [0.717, 1.165) is 18.4 Å². The number of carboxylic acid groups (broad SMARTS) is 1. The molecule has 0 radical (unpaired) electrons. The fourth-order valence-corrected chi connectivity index (χ4v) is 2.89. The van der Waals surface area contributed by atoms with Crippen LogP contribution in [0, 0.1) is 5.41 Å². The van der Waals surface area contributed by atoms with Crippen LogP contribution in [0.25, 0.3) is 0 Å². The smallest absolute Gasteiger partial charge is 0.311 e. The molecule has 0 heterocycles. The molecule has 0 saturated heterocycles. The number of hydrogen-bond acceptors (Lipinski definition) is 2. The maximum Gasteiger partial charge on any atom is 0.311 e. The Labute approximate surface area is 123 Å². The highest BCUT2D eigenvalue weighted by atomic mass is 35.5. The molecule has 0 unspecified atom stereocenters. The van der Waals surface area contributed by atoms with E-state index in [9.17, 15) is 14.7 Å². The van der Waals surface area contributed by atoms with Crippen LogP contribution in [-0.2, 0) is 16.0 Å². The molecule has 1 amide bonds. The van der Waals surface area contributed by atoms with Crippen molar-refractivity contribution in [2.45, 2.75) is 32.1 Å². The van der Waals surface area contributed by atoms with Crippen LogP contribution in [-0.4, -0.2) is 23.5 Å². The molecule has 1 fully saturated rings. The van der Waals surface area contributed by atoms with Crippen molar-refractivity contribution in [3.63, 3.8) is 0 Å². The Kier molecular flexibility index (Phi) is 4.65. The van der Waals surface area contributed by atoms with Crippen molar-refractivity contribution in [1.29, 1.82) is 0 Å². The molecule has 108 valence electrons. The topological polar surface area (TPSA) is 66.4 Å². The maximum absolute atomic E-state index is 11.9.